The third-order valence-corrected chi connectivity index (χ3v) is 5.14. The summed E-state index contributed by atoms with van der Waals surface area (Å²) in [4.78, 5) is 17.9. The highest BCUT2D eigenvalue weighted by molar-refractivity contribution is 5.80. The Kier molecular flexibility index (Phi) is 3.64. The zero-order valence-electron chi connectivity index (χ0n) is 14.3. The molecule has 2 atom stereocenters. The Balaban J connectivity index is 1.52. The Morgan fingerprint density at radius 2 is 1.93 bits per heavy atom. The van der Waals surface area contributed by atoms with Crippen LogP contribution in [0.5, 0.6) is 0 Å². The van der Waals surface area contributed by atoms with E-state index in [0.29, 0.717) is 24.4 Å². The molecule has 2 saturated heterocycles. The van der Waals surface area contributed by atoms with Crippen LogP contribution in [-0.4, -0.2) is 50.6 Å². The average molecular weight is 367 g/mol. The first-order chi connectivity index (χ1) is 13.2. The number of rotatable bonds is 4. The lowest BCUT2D eigenvalue weighted by Gasteiger charge is -2.35. The maximum atomic E-state index is 11.5. The summed E-state index contributed by atoms with van der Waals surface area (Å²) in [5.74, 6) is 0.952. The molecule has 2 aliphatic heterocycles. The molecule has 4 heterocycles. The highest BCUT2D eigenvalue weighted by Gasteiger charge is 2.38. The van der Waals surface area contributed by atoms with Gasteiger partial charge in [0.1, 0.15) is 16.9 Å². The molecule has 138 valence electrons. The number of ether oxygens (including phenoxy) is 1. The Bertz CT molecular complexity index is 1000. The van der Waals surface area contributed by atoms with Gasteiger partial charge in [-0.15, -0.1) is 0 Å². The third kappa shape index (κ3) is 2.74. The quantitative estimate of drug-likeness (QED) is 0.532. The summed E-state index contributed by atoms with van der Waals surface area (Å²) in [5, 5.41) is 25.2. The van der Waals surface area contributed by atoms with Crippen molar-refractivity contribution >= 4 is 34.0 Å². The first-order valence-electron chi connectivity index (χ1n) is 8.78. The number of benzene rings is 1. The molecule has 3 aromatic rings. The zero-order valence-corrected chi connectivity index (χ0v) is 14.3. The van der Waals surface area contributed by atoms with Crippen molar-refractivity contribution in [2.45, 2.75) is 24.9 Å². The first kappa shape index (κ1) is 15.9. The van der Waals surface area contributed by atoms with Gasteiger partial charge in [-0.25, -0.2) is 4.98 Å². The van der Waals surface area contributed by atoms with Crippen LogP contribution in [0.2, 0.25) is 0 Å². The summed E-state index contributed by atoms with van der Waals surface area (Å²) in [5.41, 5.74) is 1.99. The van der Waals surface area contributed by atoms with Crippen molar-refractivity contribution in [3.8, 4) is 0 Å². The molecule has 27 heavy (non-hydrogen) atoms. The minimum Gasteiger partial charge on any atom is -0.377 e. The largest absolute Gasteiger partial charge is 0.377 e. The van der Waals surface area contributed by atoms with Gasteiger partial charge in [-0.1, -0.05) is 0 Å². The SMILES string of the molecule is O=[N+]([O-])c1ccc(N2C3CCC2COC3)nc1Nc1ccc2n[nH]nc2c1. The van der Waals surface area contributed by atoms with Crippen molar-refractivity contribution in [1.29, 1.82) is 0 Å². The fraction of sp³-hybridized carbons (Fsp3) is 0.353. The normalized spacial score (nSPS) is 21.6. The monoisotopic (exact) mass is 367 g/mol. The molecule has 0 amide bonds. The number of aromatic amines is 1. The van der Waals surface area contributed by atoms with Crippen LogP contribution in [0.25, 0.3) is 11.0 Å². The number of nitrogens with one attached hydrogen (secondary N) is 2. The van der Waals surface area contributed by atoms with E-state index in [2.05, 4.69) is 30.6 Å². The molecule has 10 heteroatoms. The number of hydrogen-bond donors (Lipinski definition) is 2. The van der Waals surface area contributed by atoms with E-state index in [0.717, 1.165) is 24.2 Å². The van der Waals surface area contributed by atoms with Gasteiger partial charge in [-0.2, -0.15) is 15.4 Å². The van der Waals surface area contributed by atoms with Crippen LogP contribution in [0.15, 0.2) is 30.3 Å². The van der Waals surface area contributed by atoms with E-state index in [1.165, 1.54) is 6.07 Å². The minimum absolute atomic E-state index is 0.0698. The molecule has 1 aromatic carbocycles. The fourth-order valence-electron chi connectivity index (χ4n) is 3.88. The third-order valence-electron chi connectivity index (χ3n) is 5.14. The van der Waals surface area contributed by atoms with Crippen LogP contribution in [0.1, 0.15) is 12.8 Å². The van der Waals surface area contributed by atoms with Crippen LogP contribution >= 0.6 is 0 Å². The molecule has 2 unspecified atom stereocenters. The van der Waals surface area contributed by atoms with Gasteiger partial charge in [-0.3, -0.25) is 10.1 Å². The van der Waals surface area contributed by atoms with Crippen LogP contribution in [0.4, 0.5) is 23.0 Å². The lowest BCUT2D eigenvalue weighted by atomic mass is 10.2. The number of morpholine rings is 1. The second kappa shape index (κ2) is 6.16. The van der Waals surface area contributed by atoms with Crippen LogP contribution < -0.4 is 10.2 Å². The van der Waals surface area contributed by atoms with E-state index in [4.69, 9.17) is 4.74 Å². The molecular weight excluding hydrogens is 350 g/mol. The van der Waals surface area contributed by atoms with E-state index < -0.39 is 4.92 Å². The average Bonchev–Trinajstić information content (AvgIpc) is 3.22. The number of nitrogens with zero attached hydrogens (tertiary/aromatic N) is 5. The maximum absolute atomic E-state index is 11.5. The summed E-state index contributed by atoms with van der Waals surface area (Å²) < 4.78 is 5.62. The fourth-order valence-corrected chi connectivity index (χ4v) is 3.88. The van der Waals surface area contributed by atoms with Gasteiger partial charge in [0.15, 0.2) is 0 Å². The van der Waals surface area contributed by atoms with Gasteiger partial charge < -0.3 is 15.0 Å². The van der Waals surface area contributed by atoms with Crippen LogP contribution in [0.3, 0.4) is 0 Å². The lowest BCUT2D eigenvalue weighted by Crippen LogP contribution is -2.46. The molecule has 0 aliphatic carbocycles. The smallest absolute Gasteiger partial charge is 0.311 e. The Morgan fingerprint density at radius 1 is 1.15 bits per heavy atom. The molecule has 5 rings (SSSR count). The number of aromatic nitrogens is 4. The number of hydrogen-bond acceptors (Lipinski definition) is 8. The van der Waals surface area contributed by atoms with Crippen molar-refractivity contribution in [3.05, 3.63) is 40.4 Å². The predicted octanol–water partition coefficient (Wildman–Crippen LogP) is 2.37. The van der Waals surface area contributed by atoms with Crippen LogP contribution in [-0.2, 0) is 4.74 Å². The zero-order chi connectivity index (χ0) is 18.4. The summed E-state index contributed by atoms with van der Waals surface area (Å²) in [7, 11) is 0. The number of H-pyrrole nitrogens is 1. The molecule has 0 radical (unpaired) electrons. The number of fused-ring (bicyclic) bond motifs is 3. The first-order valence-corrected chi connectivity index (χ1v) is 8.78. The van der Waals surface area contributed by atoms with Crippen molar-refractivity contribution < 1.29 is 9.66 Å². The molecule has 2 bridgehead atoms. The van der Waals surface area contributed by atoms with Gasteiger partial charge >= 0.3 is 5.69 Å². The summed E-state index contributed by atoms with van der Waals surface area (Å²) in [6, 6.07) is 9.14. The Labute approximate surface area is 153 Å². The van der Waals surface area contributed by atoms with Crippen molar-refractivity contribution in [1.82, 2.24) is 20.4 Å². The highest BCUT2D eigenvalue weighted by atomic mass is 16.6. The molecular formula is C17H17N7O3. The molecule has 2 N–H and O–H groups in total. The Morgan fingerprint density at radius 3 is 2.70 bits per heavy atom. The predicted molar refractivity (Wildman–Crippen MR) is 98.2 cm³/mol. The van der Waals surface area contributed by atoms with Crippen molar-refractivity contribution in [2.24, 2.45) is 0 Å². The maximum Gasteiger partial charge on any atom is 0.311 e. The van der Waals surface area contributed by atoms with E-state index >= 15 is 0 Å². The summed E-state index contributed by atoms with van der Waals surface area (Å²) >= 11 is 0. The van der Waals surface area contributed by atoms with Gasteiger partial charge in [0.2, 0.25) is 5.82 Å². The van der Waals surface area contributed by atoms with Crippen LogP contribution in [0, 0.1) is 10.1 Å². The molecule has 2 aromatic heterocycles. The van der Waals surface area contributed by atoms with Gasteiger partial charge in [0, 0.05) is 11.8 Å². The minimum atomic E-state index is -0.429. The van der Waals surface area contributed by atoms with Gasteiger partial charge in [-0.05, 0) is 37.1 Å². The molecule has 2 aliphatic rings. The topological polar surface area (TPSA) is 122 Å². The van der Waals surface area contributed by atoms with Crippen molar-refractivity contribution in [3.63, 3.8) is 0 Å². The molecule has 10 nitrogen and oxygen atoms in total. The summed E-state index contributed by atoms with van der Waals surface area (Å²) in [6.07, 6.45) is 2.10. The molecule has 2 fully saturated rings. The van der Waals surface area contributed by atoms with E-state index in [1.54, 1.807) is 24.3 Å². The highest BCUT2D eigenvalue weighted by Crippen LogP contribution is 2.36. The number of nitro groups is 1. The summed E-state index contributed by atoms with van der Waals surface area (Å²) in [6.45, 7) is 1.33. The van der Waals surface area contributed by atoms with E-state index in [1.807, 2.05) is 0 Å². The second-order valence-corrected chi connectivity index (χ2v) is 6.78. The van der Waals surface area contributed by atoms with Gasteiger partial charge in [0.25, 0.3) is 0 Å². The lowest BCUT2D eigenvalue weighted by molar-refractivity contribution is -0.384. The number of pyridine rings is 1. The van der Waals surface area contributed by atoms with E-state index in [9.17, 15) is 10.1 Å². The molecule has 0 saturated carbocycles. The second-order valence-electron chi connectivity index (χ2n) is 6.78. The number of anilines is 3. The molecule has 0 spiro atoms. The standard InChI is InChI=1S/C17H17N7O3/c25-24(26)15-5-6-16(23-11-2-3-12(23)9-27-8-11)19-17(15)18-10-1-4-13-14(7-10)21-22-20-13/h1,4-7,11-12H,2-3,8-9H2,(H,18,19)(H,20,21,22). The van der Waals surface area contributed by atoms with Gasteiger partial charge in [0.05, 0.1) is 30.2 Å². The van der Waals surface area contributed by atoms with Crippen molar-refractivity contribution in [2.75, 3.05) is 23.4 Å². The van der Waals surface area contributed by atoms with E-state index in [-0.39, 0.29) is 23.6 Å². The Hall–Kier alpha value is -3.27.